The molecule has 0 amide bonds. The van der Waals surface area contributed by atoms with Gasteiger partial charge in [0.2, 0.25) is 5.78 Å². The van der Waals surface area contributed by atoms with Crippen LogP contribution >= 0.6 is 0 Å². The molecule has 0 aliphatic heterocycles. The fourth-order valence-corrected chi connectivity index (χ4v) is 4.04. The highest BCUT2D eigenvalue weighted by atomic mass is 16.6. The van der Waals surface area contributed by atoms with Gasteiger partial charge in [0, 0.05) is 40.2 Å². The number of aromatic nitrogens is 2. The molecule has 0 radical (unpaired) electrons. The normalized spacial score (nSPS) is 11.2. The topological polar surface area (TPSA) is 104 Å². The zero-order valence-corrected chi connectivity index (χ0v) is 17.5. The first-order valence-electron chi connectivity index (χ1n) is 10.3. The summed E-state index contributed by atoms with van der Waals surface area (Å²) >= 11 is 0. The van der Waals surface area contributed by atoms with E-state index in [0.717, 1.165) is 10.8 Å². The molecular weight excluding hydrogens is 422 g/mol. The van der Waals surface area contributed by atoms with Gasteiger partial charge in [0.1, 0.15) is 5.69 Å². The second-order valence-corrected chi connectivity index (χ2v) is 7.43. The van der Waals surface area contributed by atoms with Crippen molar-refractivity contribution in [2.24, 2.45) is 0 Å². The highest BCUT2D eigenvalue weighted by molar-refractivity contribution is 6.16. The molecule has 3 heterocycles. The fourth-order valence-electron chi connectivity index (χ4n) is 4.04. The lowest BCUT2D eigenvalue weighted by Crippen LogP contribution is -2.14. The standard InChI is InChI=1S/C25H17N3O5/c1-2-33-25(30)20-14-19-12-7-16-6-5-15-4-3-13-26-21(15)22(16)27(19)23(20)24(29)17-8-10-18(11-9-17)28(31)32/h3-14H,2H2,1H3. The molecule has 0 aliphatic carbocycles. The highest BCUT2D eigenvalue weighted by Gasteiger charge is 2.26. The average Bonchev–Trinajstić information content (AvgIpc) is 3.23. The molecule has 0 aliphatic rings. The van der Waals surface area contributed by atoms with Crippen LogP contribution in [0.4, 0.5) is 5.69 Å². The van der Waals surface area contributed by atoms with Crippen LogP contribution in [0.25, 0.3) is 27.3 Å². The predicted octanol–water partition coefficient (Wildman–Crippen LogP) is 4.96. The van der Waals surface area contributed by atoms with Crippen LogP contribution in [0.2, 0.25) is 0 Å². The van der Waals surface area contributed by atoms with Gasteiger partial charge in [-0.25, -0.2) is 4.79 Å². The number of nitrogens with zero attached hydrogens (tertiary/aromatic N) is 3. The van der Waals surface area contributed by atoms with Gasteiger partial charge in [-0.15, -0.1) is 0 Å². The molecule has 0 atom stereocenters. The molecule has 162 valence electrons. The number of fused-ring (bicyclic) bond motifs is 5. The van der Waals surface area contributed by atoms with Crippen molar-refractivity contribution >= 4 is 44.8 Å². The van der Waals surface area contributed by atoms with Gasteiger partial charge in [0.05, 0.1) is 28.1 Å². The Balaban J connectivity index is 1.86. The van der Waals surface area contributed by atoms with Crippen LogP contribution in [0.1, 0.15) is 33.3 Å². The smallest absolute Gasteiger partial charge is 0.340 e. The van der Waals surface area contributed by atoms with E-state index in [-0.39, 0.29) is 29.1 Å². The zero-order valence-electron chi connectivity index (χ0n) is 17.5. The second kappa shape index (κ2) is 7.83. The SMILES string of the molecule is CCOC(=O)c1cc2ccc3ccc4cccnc4c3n2c1C(=O)c1ccc([N+](=O)[O-])cc1. The number of ketones is 1. The first kappa shape index (κ1) is 20.3. The van der Waals surface area contributed by atoms with Crippen molar-refractivity contribution in [3.63, 3.8) is 0 Å². The maximum absolute atomic E-state index is 13.7. The van der Waals surface area contributed by atoms with Crippen LogP contribution in [0.5, 0.6) is 0 Å². The molecule has 33 heavy (non-hydrogen) atoms. The molecule has 0 saturated carbocycles. The second-order valence-electron chi connectivity index (χ2n) is 7.43. The van der Waals surface area contributed by atoms with Crippen molar-refractivity contribution in [2.45, 2.75) is 6.92 Å². The lowest BCUT2D eigenvalue weighted by Gasteiger charge is -2.11. The Morgan fingerprint density at radius 3 is 2.48 bits per heavy atom. The number of nitro benzene ring substituents is 1. The Morgan fingerprint density at radius 2 is 1.76 bits per heavy atom. The van der Waals surface area contributed by atoms with Crippen molar-refractivity contribution in [1.29, 1.82) is 0 Å². The number of hydrogen-bond acceptors (Lipinski definition) is 6. The molecule has 8 heteroatoms. The number of rotatable bonds is 5. The first-order valence-corrected chi connectivity index (χ1v) is 10.3. The van der Waals surface area contributed by atoms with Crippen LogP contribution in [0.15, 0.2) is 72.9 Å². The summed E-state index contributed by atoms with van der Waals surface area (Å²) in [6.45, 7) is 1.85. The molecule has 0 spiro atoms. The van der Waals surface area contributed by atoms with E-state index in [1.807, 2.05) is 36.4 Å². The van der Waals surface area contributed by atoms with Crippen LogP contribution in [-0.4, -0.2) is 32.7 Å². The van der Waals surface area contributed by atoms with E-state index in [9.17, 15) is 19.7 Å². The molecular formula is C25H17N3O5. The van der Waals surface area contributed by atoms with Crippen molar-refractivity contribution < 1.29 is 19.2 Å². The Morgan fingerprint density at radius 1 is 1.03 bits per heavy atom. The summed E-state index contributed by atoms with van der Waals surface area (Å²) in [5.41, 5.74) is 2.35. The lowest BCUT2D eigenvalue weighted by molar-refractivity contribution is -0.384. The van der Waals surface area contributed by atoms with Gasteiger partial charge >= 0.3 is 5.97 Å². The number of ether oxygens (including phenoxy) is 1. The Bertz CT molecular complexity index is 1590. The van der Waals surface area contributed by atoms with E-state index in [1.54, 1.807) is 23.6 Å². The average molecular weight is 439 g/mol. The summed E-state index contributed by atoms with van der Waals surface area (Å²) in [5, 5.41) is 12.8. The molecule has 2 aromatic carbocycles. The quantitative estimate of drug-likeness (QED) is 0.126. The van der Waals surface area contributed by atoms with Crippen LogP contribution < -0.4 is 0 Å². The van der Waals surface area contributed by atoms with Gasteiger partial charge in [-0.3, -0.25) is 19.9 Å². The van der Waals surface area contributed by atoms with E-state index in [2.05, 4.69) is 4.98 Å². The summed E-state index contributed by atoms with van der Waals surface area (Å²) in [5.74, 6) is -1.07. The van der Waals surface area contributed by atoms with Gasteiger partial charge in [-0.1, -0.05) is 24.3 Å². The summed E-state index contributed by atoms with van der Waals surface area (Å²) in [6.07, 6.45) is 1.67. The lowest BCUT2D eigenvalue weighted by atomic mass is 10.0. The minimum Gasteiger partial charge on any atom is -0.462 e. The Kier molecular flexibility index (Phi) is 4.82. The van der Waals surface area contributed by atoms with Crippen LogP contribution in [0.3, 0.4) is 0 Å². The molecule has 8 nitrogen and oxygen atoms in total. The number of carbonyl (C=O) groups excluding carboxylic acids is 2. The summed E-state index contributed by atoms with van der Waals surface area (Å²) in [6, 6.07) is 18.3. The van der Waals surface area contributed by atoms with E-state index in [4.69, 9.17) is 4.74 Å². The van der Waals surface area contributed by atoms with E-state index < -0.39 is 16.7 Å². The third-order valence-electron chi connectivity index (χ3n) is 5.52. The van der Waals surface area contributed by atoms with Crippen LogP contribution in [0, 0.1) is 10.1 Å². The van der Waals surface area contributed by atoms with E-state index in [0.29, 0.717) is 16.6 Å². The largest absolute Gasteiger partial charge is 0.462 e. The minimum absolute atomic E-state index is 0.126. The van der Waals surface area contributed by atoms with Crippen molar-refractivity contribution in [3.8, 4) is 0 Å². The summed E-state index contributed by atoms with van der Waals surface area (Å²) in [4.78, 5) is 41.5. The van der Waals surface area contributed by atoms with Gasteiger partial charge in [0.15, 0.2) is 0 Å². The van der Waals surface area contributed by atoms with Crippen molar-refractivity contribution in [1.82, 2.24) is 9.38 Å². The highest BCUT2D eigenvalue weighted by Crippen LogP contribution is 2.30. The van der Waals surface area contributed by atoms with Gasteiger partial charge in [0.25, 0.3) is 5.69 Å². The molecule has 0 saturated heterocycles. The number of nitro groups is 1. The van der Waals surface area contributed by atoms with Crippen molar-refractivity contribution in [2.75, 3.05) is 6.61 Å². The Labute approximate surface area is 187 Å². The number of pyridine rings is 2. The van der Waals surface area contributed by atoms with E-state index in [1.165, 1.54) is 24.3 Å². The molecule has 5 rings (SSSR count). The van der Waals surface area contributed by atoms with Crippen LogP contribution in [-0.2, 0) is 4.74 Å². The Hall–Kier alpha value is -4.59. The number of carbonyl (C=O) groups is 2. The molecule has 0 fully saturated rings. The molecule has 3 aromatic heterocycles. The number of benzene rings is 2. The minimum atomic E-state index is -0.618. The van der Waals surface area contributed by atoms with Gasteiger partial charge in [-0.05, 0) is 37.3 Å². The van der Waals surface area contributed by atoms with E-state index >= 15 is 0 Å². The predicted molar refractivity (Wildman–Crippen MR) is 123 cm³/mol. The molecule has 5 aromatic rings. The third kappa shape index (κ3) is 3.28. The van der Waals surface area contributed by atoms with Crippen molar-refractivity contribution in [3.05, 3.63) is 99.9 Å². The number of esters is 1. The number of non-ortho nitro benzene ring substituents is 1. The maximum Gasteiger partial charge on any atom is 0.340 e. The zero-order chi connectivity index (χ0) is 23.1. The number of hydrogen-bond donors (Lipinski definition) is 0. The fraction of sp³-hybridized carbons (Fsp3) is 0.0800. The molecule has 0 N–H and O–H groups in total. The third-order valence-corrected chi connectivity index (χ3v) is 5.52. The molecule has 0 bridgehead atoms. The summed E-state index contributed by atoms with van der Waals surface area (Å²) in [7, 11) is 0. The first-order chi connectivity index (χ1) is 16.0. The summed E-state index contributed by atoms with van der Waals surface area (Å²) < 4.78 is 6.95. The van der Waals surface area contributed by atoms with Gasteiger partial charge in [-0.2, -0.15) is 0 Å². The monoisotopic (exact) mass is 439 g/mol. The van der Waals surface area contributed by atoms with Gasteiger partial charge < -0.3 is 9.14 Å². The maximum atomic E-state index is 13.7. The molecule has 0 unspecified atom stereocenters.